The Morgan fingerprint density at radius 1 is 1.18 bits per heavy atom. The predicted molar refractivity (Wildman–Crippen MR) is 71.1 cm³/mol. The molecule has 0 aliphatic heterocycles. The van der Waals surface area contributed by atoms with Crippen LogP contribution < -0.4 is 5.32 Å². The van der Waals surface area contributed by atoms with Crippen LogP contribution in [0.4, 0.5) is 5.69 Å². The molecule has 0 bridgehead atoms. The lowest BCUT2D eigenvalue weighted by atomic mass is 10.0. The molecule has 0 amide bonds. The van der Waals surface area contributed by atoms with Crippen molar-refractivity contribution < 1.29 is 4.79 Å². The lowest BCUT2D eigenvalue weighted by Crippen LogP contribution is -2.14. The Kier molecular flexibility index (Phi) is 3.76. The second-order valence-corrected chi connectivity index (χ2v) is 4.30. The van der Waals surface area contributed by atoms with Gasteiger partial charge in [-0.25, -0.2) is 0 Å². The first-order chi connectivity index (χ1) is 8.25. The Morgan fingerprint density at radius 2 is 1.82 bits per heavy atom. The molecule has 0 fully saturated rings. The summed E-state index contributed by atoms with van der Waals surface area (Å²) in [6.45, 7) is 2.76. The van der Waals surface area contributed by atoms with Gasteiger partial charge in [-0.3, -0.25) is 4.79 Å². The molecule has 2 nitrogen and oxygen atoms in total. The molecule has 0 saturated heterocycles. The van der Waals surface area contributed by atoms with Crippen molar-refractivity contribution in [3.63, 3.8) is 0 Å². The van der Waals surface area contributed by atoms with Crippen molar-refractivity contribution in [2.75, 3.05) is 11.9 Å². The number of hydrogen-bond acceptors (Lipinski definition) is 2. The van der Waals surface area contributed by atoms with Crippen molar-refractivity contribution >= 4 is 11.5 Å². The van der Waals surface area contributed by atoms with Gasteiger partial charge in [0.05, 0.1) is 5.92 Å². The van der Waals surface area contributed by atoms with Gasteiger partial charge in [0, 0.05) is 18.7 Å². The fourth-order valence-corrected chi connectivity index (χ4v) is 1.81. The van der Waals surface area contributed by atoms with Gasteiger partial charge in [-0.1, -0.05) is 42.0 Å². The van der Waals surface area contributed by atoms with Crippen LogP contribution in [0, 0.1) is 12.8 Å². The van der Waals surface area contributed by atoms with E-state index < -0.39 is 0 Å². The van der Waals surface area contributed by atoms with Crippen molar-refractivity contribution in [2.24, 2.45) is 5.92 Å². The van der Waals surface area contributed by atoms with Crippen molar-refractivity contribution in [3.05, 3.63) is 54.1 Å². The van der Waals surface area contributed by atoms with Crippen LogP contribution in [0.1, 0.15) is 12.0 Å². The Hall–Kier alpha value is -1.83. The molecule has 1 aromatic rings. The highest BCUT2D eigenvalue weighted by molar-refractivity contribution is 5.85. The number of carbonyl (C=O) groups excluding carboxylic acids is 1. The first-order valence-corrected chi connectivity index (χ1v) is 5.94. The smallest absolute Gasteiger partial charge is 0.145 e. The highest BCUT2D eigenvalue weighted by atomic mass is 16.1. The second kappa shape index (κ2) is 5.48. The minimum absolute atomic E-state index is 0.00480. The van der Waals surface area contributed by atoms with E-state index in [4.69, 9.17) is 0 Å². The van der Waals surface area contributed by atoms with Crippen LogP contribution in [0.3, 0.4) is 0 Å². The maximum absolute atomic E-state index is 11.7. The quantitative estimate of drug-likeness (QED) is 0.837. The predicted octanol–water partition coefficient (Wildman–Crippen LogP) is 3.11. The van der Waals surface area contributed by atoms with E-state index in [0.717, 1.165) is 5.69 Å². The molecule has 17 heavy (non-hydrogen) atoms. The summed E-state index contributed by atoms with van der Waals surface area (Å²) in [6.07, 6.45) is 8.29. The van der Waals surface area contributed by atoms with E-state index in [1.165, 1.54) is 5.56 Å². The summed E-state index contributed by atoms with van der Waals surface area (Å²) < 4.78 is 0. The monoisotopic (exact) mass is 227 g/mol. The number of rotatable bonds is 5. The first-order valence-electron chi connectivity index (χ1n) is 5.94. The van der Waals surface area contributed by atoms with Crippen molar-refractivity contribution in [2.45, 2.75) is 13.3 Å². The van der Waals surface area contributed by atoms with Gasteiger partial charge in [-0.2, -0.15) is 0 Å². The van der Waals surface area contributed by atoms with Gasteiger partial charge in [0.2, 0.25) is 0 Å². The van der Waals surface area contributed by atoms with Gasteiger partial charge in [-0.05, 0) is 19.1 Å². The molecule has 2 rings (SSSR count). The van der Waals surface area contributed by atoms with Gasteiger partial charge in [-0.15, -0.1) is 0 Å². The zero-order chi connectivity index (χ0) is 12.1. The molecule has 0 saturated carbocycles. The van der Waals surface area contributed by atoms with E-state index in [9.17, 15) is 4.79 Å². The zero-order valence-electron chi connectivity index (χ0n) is 10.0. The van der Waals surface area contributed by atoms with Crippen molar-refractivity contribution in [1.29, 1.82) is 0 Å². The summed E-state index contributed by atoms with van der Waals surface area (Å²) in [5.74, 6) is 0.268. The van der Waals surface area contributed by atoms with E-state index >= 15 is 0 Å². The van der Waals surface area contributed by atoms with Crippen LogP contribution in [0.5, 0.6) is 0 Å². The summed E-state index contributed by atoms with van der Waals surface area (Å²) >= 11 is 0. The molecule has 0 spiro atoms. The Bertz CT molecular complexity index is 430. The maximum Gasteiger partial charge on any atom is 0.145 e. The molecular formula is C15H17NO. The molecule has 1 aliphatic carbocycles. The van der Waals surface area contributed by atoms with Gasteiger partial charge >= 0.3 is 0 Å². The van der Waals surface area contributed by atoms with Crippen LogP contribution in [-0.2, 0) is 4.79 Å². The Labute approximate surface area is 102 Å². The van der Waals surface area contributed by atoms with Gasteiger partial charge in [0.1, 0.15) is 5.78 Å². The molecule has 0 aromatic heterocycles. The number of Topliss-reactive ketones (excluding diaryl/α,β-unsaturated/α-hetero) is 1. The van der Waals surface area contributed by atoms with Crippen LogP contribution in [0.2, 0.25) is 0 Å². The lowest BCUT2D eigenvalue weighted by molar-refractivity contribution is -0.120. The standard InChI is InChI=1S/C15H17NO/c1-12-6-8-14(9-7-12)16-11-10-15(17)13-4-2-3-5-13/h2-9,13,16H,10-11H2,1H3. The highest BCUT2D eigenvalue weighted by Gasteiger charge is 2.13. The first kappa shape index (κ1) is 11.6. The third kappa shape index (κ3) is 3.31. The molecule has 0 atom stereocenters. The fourth-order valence-electron chi connectivity index (χ4n) is 1.81. The third-order valence-electron chi connectivity index (χ3n) is 2.87. The number of benzene rings is 1. The zero-order valence-corrected chi connectivity index (χ0v) is 10.0. The molecule has 1 N–H and O–H groups in total. The summed E-state index contributed by atoms with van der Waals surface area (Å²) in [4.78, 5) is 11.7. The van der Waals surface area contributed by atoms with E-state index in [0.29, 0.717) is 13.0 Å². The van der Waals surface area contributed by atoms with Gasteiger partial charge in [0.15, 0.2) is 0 Å². The summed E-state index contributed by atoms with van der Waals surface area (Å²) in [5.41, 5.74) is 2.31. The Balaban J connectivity index is 1.76. The molecule has 2 heteroatoms. The molecule has 0 unspecified atom stereocenters. The Morgan fingerprint density at radius 3 is 2.47 bits per heavy atom. The minimum atomic E-state index is -0.00480. The van der Waals surface area contributed by atoms with E-state index in [-0.39, 0.29) is 11.7 Å². The largest absolute Gasteiger partial charge is 0.385 e. The number of hydrogen-bond donors (Lipinski definition) is 1. The average Bonchev–Trinajstić information content (AvgIpc) is 2.85. The van der Waals surface area contributed by atoms with Crippen LogP contribution in [0.15, 0.2) is 48.6 Å². The summed E-state index contributed by atoms with van der Waals surface area (Å²) in [5, 5.41) is 3.26. The van der Waals surface area contributed by atoms with Crippen LogP contribution in [-0.4, -0.2) is 12.3 Å². The lowest BCUT2D eigenvalue weighted by Gasteiger charge is -2.07. The van der Waals surface area contributed by atoms with Crippen molar-refractivity contribution in [1.82, 2.24) is 0 Å². The maximum atomic E-state index is 11.7. The molecule has 1 aliphatic rings. The molecule has 88 valence electrons. The topological polar surface area (TPSA) is 29.1 Å². The fraction of sp³-hybridized carbons (Fsp3) is 0.267. The third-order valence-corrected chi connectivity index (χ3v) is 2.87. The van der Waals surface area contributed by atoms with E-state index in [2.05, 4.69) is 24.4 Å². The van der Waals surface area contributed by atoms with Crippen molar-refractivity contribution in [3.8, 4) is 0 Å². The molecule has 0 heterocycles. The number of nitrogens with one attached hydrogen (secondary N) is 1. The number of carbonyl (C=O) groups is 1. The number of allylic oxidation sites excluding steroid dienone is 4. The van der Waals surface area contributed by atoms with E-state index in [1.807, 2.05) is 36.4 Å². The summed E-state index contributed by atoms with van der Waals surface area (Å²) in [6, 6.07) is 8.20. The number of anilines is 1. The highest BCUT2D eigenvalue weighted by Crippen LogP contribution is 2.13. The summed E-state index contributed by atoms with van der Waals surface area (Å²) in [7, 11) is 0. The molecular weight excluding hydrogens is 210 g/mol. The SMILES string of the molecule is Cc1ccc(NCCC(=O)C2C=CC=C2)cc1. The van der Waals surface area contributed by atoms with Crippen LogP contribution in [0.25, 0.3) is 0 Å². The van der Waals surface area contributed by atoms with Gasteiger partial charge < -0.3 is 5.32 Å². The molecule has 1 aromatic carbocycles. The second-order valence-electron chi connectivity index (χ2n) is 4.30. The minimum Gasteiger partial charge on any atom is -0.385 e. The van der Waals surface area contributed by atoms with Crippen LogP contribution >= 0.6 is 0 Å². The average molecular weight is 227 g/mol. The normalized spacial score (nSPS) is 14.2. The number of aryl methyl sites for hydroxylation is 1. The van der Waals surface area contributed by atoms with Gasteiger partial charge in [0.25, 0.3) is 0 Å². The number of ketones is 1. The van der Waals surface area contributed by atoms with E-state index in [1.54, 1.807) is 0 Å². The molecule has 0 radical (unpaired) electrons.